The summed E-state index contributed by atoms with van der Waals surface area (Å²) >= 11 is 0. The van der Waals surface area contributed by atoms with Crippen molar-refractivity contribution < 1.29 is 0 Å². The van der Waals surface area contributed by atoms with Gasteiger partial charge in [-0.3, -0.25) is 0 Å². The Morgan fingerprint density at radius 2 is 1.62 bits per heavy atom. The molecule has 0 radical (unpaired) electrons. The van der Waals surface area contributed by atoms with Crippen LogP contribution in [0.3, 0.4) is 0 Å². The molecule has 1 heterocycles. The fourth-order valence-electron chi connectivity index (χ4n) is 2.69. The average molecular weight is 325 g/mol. The minimum Gasteiger partial charge on any atom is -0.330 e. The van der Waals surface area contributed by atoms with Gasteiger partial charge in [-0.25, -0.2) is 0 Å². The van der Waals surface area contributed by atoms with Gasteiger partial charge in [-0.05, 0) is 59.8 Å². The van der Waals surface area contributed by atoms with Gasteiger partial charge in [-0.1, -0.05) is 36.4 Å². The zero-order chi connectivity index (χ0) is 13.1. The summed E-state index contributed by atoms with van der Waals surface area (Å²) in [6.45, 7) is 2.80. The molecule has 0 spiro atoms. The lowest BCUT2D eigenvalue weighted by Gasteiger charge is -2.18. The maximum absolute atomic E-state index is 5.58. The predicted molar refractivity (Wildman–Crippen MR) is 94.5 cm³/mol. The highest BCUT2D eigenvalue weighted by Gasteiger charge is 2.09. The molecule has 4 heteroatoms. The van der Waals surface area contributed by atoms with Crippen molar-refractivity contribution in [2.75, 3.05) is 13.1 Å². The second kappa shape index (κ2) is 8.40. The number of hydrogen-bond donors (Lipinski definition) is 2. The van der Waals surface area contributed by atoms with Crippen LogP contribution < -0.4 is 11.1 Å². The smallest absolute Gasteiger partial charge is 0.0208 e. The van der Waals surface area contributed by atoms with E-state index >= 15 is 0 Å². The van der Waals surface area contributed by atoms with E-state index in [4.69, 9.17) is 5.73 Å². The summed E-state index contributed by atoms with van der Waals surface area (Å²) in [7, 11) is 0. The molecule has 0 amide bonds. The molecule has 0 unspecified atom stereocenters. The molecule has 0 aromatic heterocycles. The van der Waals surface area contributed by atoms with Crippen molar-refractivity contribution in [3.05, 3.63) is 59.2 Å². The molecular weight excluding hydrogens is 303 g/mol. The van der Waals surface area contributed by atoms with Crippen LogP contribution in [0.2, 0.25) is 0 Å². The highest BCUT2D eigenvalue weighted by atomic mass is 35.5. The summed E-state index contributed by atoms with van der Waals surface area (Å²) < 4.78 is 0. The fourth-order valence-corrected chi connectivity index (χ4v) is 2.69. The van der Waals surface area contributed by atoms with E-state index in [-0.39, 0.29) is 24.8 Å². The lowest BCUT2D eigenvalue weighted by Crippen LogP contribution is -2.23. The predicted octanol–water partition coefficient (Wildman–Crippen LogP) is 3.34. The SMILES string of the molecule is Cl.Cl.NCCc1ccc(-c2ccc3c(c2)CNCC3)cc1. The lowest BCUT2D eigenvalue weighted by atomic mass is 9.95. The molecule has 0 bridgehead atoms. The van der Waals surface area contributed by atoms with Crippen LogP contribution in [0.4, 0.5) is 0 Å². The van der Waals surface area contributed by atoms with Gasteiger partial charge in [0.2, 0.25) is 0 Å². The van der Waals surface area contributed by atoms with E-state index in [1.165, 1.54) is 27.8 Å². The molecule has 0 saturated carbocycles. The molecule has 2 aromatic rings. The third-order valence-corrected chi connectivity index (χ3v) is 3.81. The number of fused-ring (bicyclic) bond motifs is 1. The zero-order valence-electron chi connectivity index (χ0n) is 12.0. The van der Waals surface area contributed by atoms with Crippen molar-refractivity contribution in [2.24, 2.45) is 5.73 Å². The lowest BCUT2D eigenvalue weighted by molar-refractivity contribution is 0.644. The molecule has 114 valence electrons. The Morgan fingerprint density at radius 3 is 2.33 bits per heavy atom. The maximum Gasteiger partial charge on any atom is 0.0208 e. The second-order valence-corrected chi connectivity index (χ2v) is 5.15. The average Bonchev–Trinajstić information content (AvgIpc) is 2.48. The Balaban J connectivity index is 0.00000110. The molecule has 0 fully saturated rings. The van der Waals surface area contributed by atoms with Crippen molar-refractivity contribution >= 4 is 24.8 Å². The minimum absolute atomic E-state index is 0. The van der Waals surface area contributed by atoms with E-state index in [2.05, 4.69) is 47.8 Å². The van der Waals surface area contributed by atoms with Crippen LogP contribution in [0.25, 0.3) is 11.1 Å². The first kappa shape index (κ1) is 18.0. The van der Waals surface area contributed by atoms with Crippen molar-refractivity contribution in [1.82, 2.24) is 5.32 Å². The number of benzene rings is 2. The number of halogens is 2. The van der Waals surface area contributed by atoms with Crippen LogP contribution in [0, 0.1) is 0 Å². The molecule has 2 nitrogen and oxygen atoms in total. The first-order valence-corrected chi connectivity index (χ1v) is 6.99. The summed E-state index contributed by atoms with van der Waals surface area (Å²) in [6, 6.07) is 15.6. The topological polar surface area (TPSA) is 38.0 Å². The van der Waals surface area contributed by atoms with Gasteiger partial charge in [0.1, 0.15) is 0 Å². The van der Waals surface area contributed by atoms with E-state index < -0.39 is 0 Å². The number of rotatable bonds is 3. The molecule has 3 N–H and O–H groups in total. The molecule has 2 aromatic carbocycles. The van der Waals surface area contributed by atoms with E-state index in [0.717, 1.165) is 25.9 Å². The Morgan fingerprint density at radius 1 is 0.905 bits per heavy atom. The van der Waals surface area contributed by atoms with Gasteiger partial charge in [0.15, 0.2) is 0 Å². The summed E-state index contributed by atoms with van der Waals surface area (Å²) in [6.07, 6.45) is 2.10. The molecule has 3 rings (SSSR count). The first-order chi connectivity index (χ1) is 9.36. The fraction of sp³-hybridized carbons (Fsp3) is 0.294. The molecule has 0 atom stereocenters. The highest BCUT2D eigenvalue weighted by molar-refractivity contribution is 5.85. The van der Waals surface area contributed by atoms with Gasteiger partial charge in [0, 0.05) is 6.54 Å². The summed E-state index contributed by atoms with van der Waals surface area (Å²) in [5.41, 5.74) is 12.4. The molecule has 1 aliphatic heterocycles. The Bertz CT molecular complexity index is 568. The van der Waals surface area contributed by atoms with Crippen LogP contribution >= 0.6 is 24.8 Å². The van der Waals surface area contributed by atoms with Crippen LogP contribution in [0.15, 0.2) is 42.5 Å². The minimum atomic E-state index is 0. The van der Waals surface area contributed by atoms with Crippen molar-refractivity contribution in [3.8, 4) is 11.1 Å². The maximum atomic E-state index is 5.58. The van der Waals surface area contributed by atoms with Gasteiger partial charge in [0.05, 0.1) is 0 Å². The number of hydrogen-bond acceptors (Lipinski definition) is 2. The quantitative estimate of drug-likeness (QED) is 0.908. The van der Waals surface area contributed by atoms with Crippen molar-refractivity contribution in [3.63, 3.8) is 0 Å². The van der Waals surface area contributed by atoms with E-state index in [0.29, 0.717) is 6.54 Å². The zero-order valence-corrected chi connectivity index (χ0v) is 13.6. The molecule has 21 heavy (non-hydrogen) atoms. The number of nitrogens with one attached hydrogen (secondary N) is 1. The van der Waals surface area contributed by atoms with Crippen LogP contribution in [0.5, 0.6) is 0 Å². The van der Waals surface area contributed by atoms with Crippen LogP contribution in [-0.4, -0.2) is 13.1 Å². The van der Waals surface area contributed by atoms with E-state index in [9.17, 15) is 0 Å². The van der Waals surface area contributed by atoms with Crippen LogP contribution in [0.1, 0.15) is 16.7 Å². The second-order valence-electron chi connectivity index (χ2n) is 5.15. The van der Waals surface area contributed by atoms with Crippen LogP contribution in [-0.2, 0) is 19.4 Å². The molecular formula is C17H22Cl2N2. The van der Waals surface area contributed by atoms with E-state index in [1.807, 2.05) is 0 Å². The highest BCUT2D eigenvalue weighted by Crippen LogP contribution is 2.24. The third kappa shape index (κ3) is 4.21. The van der Waals surface area contributed by atoms with E-state index in [1.54, 1.807) is 0 Å². The van der Waals surface area contributed by atoms with Gasteiger partial charge in [-0.2, -0.15) is 0 Å². The Labute approximate surface area is 139 Å². The van der Waals surface area contributed by atoms with Crippen molar-refractivity contribution in [1.29, 1.82) is 0 Å². The summed E-state index contributed by atoms with van der Waals surface area (Å²) in [5.74, 6) is 0. The van der Waals surface area contributed by atoms with Gasteiger partial charge in [0.25, 0.3) is 0 Å². The van der Waals surface area contributed by atoms with Gasteiger partial charge < -0.3 is 11.1 Å². The molecule has 1 aliphatic rings. The third-order valence-electron chi connectivity index (χ3n) is 3.81. The monoisotopic (exact) mass is 324 g/mol. The molecule has 0 aliphatic carbocycles. The molecule has 0 saturated heterocycles. The largest absolute Gasteiger partial charge is 0.330 e. The summed E-state index contributed by atoms with van der Waals surface area (Å²) in [5, 5.41) is 3.43. The Hall–Kier alpha value is -1.06. The van der Waals surface area contributed by atoms with Crippen molar-refractivity contribution in [2.45, 2.75) is 19.4 Å². The number of nitrogens with two attached hydrogens (primary N) is 1. The van der Waals surface area contributed by atoms with Gasteiger partial charge in [-0.15, -0.1) is 24.8 Å². The standard InChI is InChI=1S/C17H20N2.2ClH/c18-9-7-13-1-3-14(4-2-13)16-6-5-15-8-10-19-12-17(15)11-16;;/h1-6,11,19H,7-10,12,18H2;2*1H. The van der Waals surface area contributed by atoms with Gasteiger partial charge >= 0.3 is 0 Å². The normalized spacial score (nSPS) is 12.8. The Kier molecular flexibility index (Phi) is 7.20. The summed E-state index contributed by atoms with van der Waals surface area (Å²) in [4.78, 5) is 0. The first-order valence-electron chi connectivity index (χ1n) is 6.99.